The Morgan fingerprint density at radius 1 is 1.00 bits per heavy atom. The lowest BCUT2D eigenvalue weighted by molar-refractivity contribution is -0.143. The highest BCUT2D eigenvalue weighted by atomic mass is 16.5. The van der Waals surface area contributed by atoms with Gasteiger partial charge in [-0.3, -0.25) is 0 Å². The van der Waals surface area contributed by atoms with Gasteiger partial charge in [-0.05, 0) is 37.6 Å². The number of carbonyl (C=O) groups excluding carboxylic acids is 2. The van der Waals surface area contributed by atoms with Crippen molar-refractivity contribution in [3.63, 3.8) is 0 Å². The van der Waals surface area contributed by atoms with Gasteiger partial charge in [0.05, 0.1) is 14.2 Å². The maximum absolute atomic E-state index is 11.6. The number of anilines is 1. The Labute approximate surface area is 125 Å². The number of methoxy groups -OCH3 is 2. The van der Waals surface area contributed by atoms with E-state index in [0.717, 1.165) is 24.3 Å². The van der Waals surface area contributed by atoms with Crippen LogP contribution in [0.1, 0.15) is 19.4 Å². The first-order valence-corrected chi connectivity index (χ1v) is 6.80. The summed E-state index contributed by atoms with van der Waals surface area (Å²) < 4.78 is 9.18. The van der Waals surface area contributed by atoms with Crippen LogP contribution in [-0.4, -0.2) is 39.2 Å². The lowest BCUT2D eigenvalue weighted by atomic mass is 10.1. The third-order valence-electron chi connectivity index (χ3n) is 3.14. The summed E-state index contributed by atoms with van der Waals surface area (Å²) in [4.78, 5) is 25.4. The van der Waals surface area contributed by atoms with Crippen LogP contribution >= 0.6 is 0 Å². The number of hydrogen-bond donors (Lipinski definition) is 0. The normalized spacial score (nSPS) is 9.71. The fourth-order valence-corrected chi connectivity index (χ4v) is 1.96. The first-order chi connectivity index (χ1) is 10.1. The van der Waals surface area contributed by atoms with Crippen molar-refractivity contribution in [2.24, 2.45) is 0 Å². The summed E-state index contributed by atoms with van der Waals surface area (Å²) >= 11 is 0. The molecular formula is C16H21NO4. The summed E-state index contributed by atoms with van der Waals surface area (Å²) in [6, 6.07) is 7.59. The number of esters is 2. The molecule has 5 heteroatoms. The molecule has 0 heterocycles. The standard InChI is InChI=1S/C16H21NO4/c1-5-17(6-2)13-9-7-12(8-10-13)11-14(15(18)20-3)16(19)21-4/h7-11H,5-6H2,1-4H3. The second-order valence-corrected chi connectivity index (χ2v) is 4.30. The Morgan fingerprint density at radius 2 is 1.48 bits per heavy atom. The molecule has 21 heavy (non-hydrogen) atoms. The van der Waals surface area contributed by atoms with Gasteiger partial charge in [-0.2, -0.15) is 0 Å². The second-order valence-electron chi connectivity index (χ2n) is 4.30. The summed E-state index contributed by atoms with van der Waals surface area (Å²) in [5.74, 6) is -1.43. The van der Waals surface area contributed by atoms with E-state index >= 15 is 0 Å². The van der Waals surface area contributed by atoms with Crippen LogP contribution in [0.2, 0.25) is 0 Å². The lowest BCUT2D eigenvalue weighted by Gasteiger charge is -2.20. The van der Waals surface area contributed by atoms with Gasteiger partial charge in [0.25, 0.3) is 0 Å². The summed E-state index contributed by atoms with van der Waals surface area (Å²) in [6.45, 7) is 6.01. The van der Waals surface area contributed by atoms with Gasteiger partial charge in [-0.25, -0.2) is 9.59 Å². The van der Waals surface area contributed by atoms with Crippen LogP contribution in [0.4, 0.5) is 5.69 Å². The second kappa shape index (κ2) is 8.09. The smallest absolute Gasteiger partial charge is 0.345 e. The molecule has 1 aromatic rings. The van der Waals surface area contributed by atoms with Crippen LogP contribution < -0.4 is 4.90 Å². The van der Waals surface area contributed by atoms with Crippen LogP contribution in [-0.2, 0) is 19.1 Å². The predicted octanol–water partition coefficient (Wildman–Crippen LogP) is 2.26. The number of hydrogen-bond acceptors (Lipinski definition) is 5. The van der Waals surface area contributed by atoms with E-state index in [2.05, 4.69) is 28.2 Å². The van der Waals surface area contributed by atoms with Gasteiger partial charge in [0.1, 0.15) is 5.57 Å². The van der Waals surface area contributed by atoms with E-state index in [4.69, 9.17) is 0 Å². The molecule has 0 atom stereocenters. The number of carbonyl (C=O) groups is 2. The number of rotatable bonds is 6. The lowest BCUT2D eigenvalue weighted by Crippen LogP contribution is -2.21. The Kier molecular flexibility index (Phi) is 6.46. The molecule has 0 amide bonds. The molecule has 1 rings (SSSR count). The van der Waals surface area contributed by atoms with E-state index in [0.29, 0.717) is 0 Å². The summed E-state index contributed by atoms with van der Waals surface area (Å²) in [5, 5.41) is 0. The van der Waals surface area contributed by atoms with Gasteiger partial charge in [-0.15, -0.1) is 0 Å². The molecule has 0 bridgehead atoms. The molecule has 114 valence electrons. The molecular weight excluding hydrogens is 270 g/mol. The van der Waals surface area contributed by atoms with Crippen molar-refractivity contribution in [2.75, 3.05) is 32.2 Å². The van der Waals surface area contributed by atoms with Crippen LogP contribution in [0, 0.1) is 0 Å². The van der Waals surface area contributed by atoms with Crippen LogP contribution in [0.25, 0.3) is 6.08 Å². The van der Waals surface area contributed by atoms with Crippen molar-refractivity contribution >= 4 is 23.7 Å². The zero-order chi connectivity index (χ0) is 15.8. The molecule has 0 aliphatic carbocycles. The van der Waals surface area contributed by atoms with Crippen LogP contribution in [0.3, 0.4) is 0 Å². The fraction of sp³-hybridized carbons (Fsp3) is 0.375. The van der Waals surface area contributed by atoms with Gasteiger partial charge < -0.3 is 14.4 Å². The minimum Gasteiger partial charge on any atom is -0.465 e. The quantitative estimate of drug-likeness (QED) is 0.348. The zero-order valence-corrected chi connectivity index (χ0v) is 12.9. The topological polar surface area (TPSA) is 55.8 Å². The first-order valence-electron chi connectivity index (χ1n) is 6.80. The van der Waals surface area contributed by atoms with Crippen molar-refractivity contribution in [2.45, 2.75) is 13.8 Å². The van der Waals surface area contributed by atoms with E-state index < -0.39 is 11.9 Å². The average molecular weight is 291 g/mol. The molecule has 0 unspecified atom stereocenters. The molecule has 0 saturated carbocycles. The number of benzene rings is 1. The molecule has 0 spiro atoms. The molecule has 0 aliphatic rings. The molecule has 0 N–H and O–H groups in total. The van der Waals surface area contributed by atoms with Gasteiger partial charge >= 0.3 is 11.9 Å². The molecule has 0 aliphatic heterocycles. The third kappa shape index (κ3) is 4.34. The molecule has 1 aromatic carbocycles. The zero-order valence-electron chi connectivity index (χ0n) is 12.9. The van der Waals surface area contributed by atoms with Crippen molar-refractivity contribution in [3.8, 4) is 0 Å². The van der Waals surface area contributed by atoms with Crippen molar-refractivity contribution < 1.29 is 19.1 Å². The third-order valence-corrected chi connectivity index (χ3v) is 3.14. The van der Waals surface area contributed by atoms with Gasteiger partial charge in [-0.1, -0.05) is 12.1 Å². The number of ether oxygens (including phenoxy) is 2. The Morgan fingerprint density at radius 3 is 1.86 bits per heavy atom. The van der Waals surface area contributed by atoms with Crippen molar-refractivity contribution in [3.05, 3.63) is 35.4 Å². The minimum atomic E-state index is -0.713. The SMILES string of the molecule is CCN(CC)c1ccc(C=C(C(=O)OC)C(=O)OC)cc1. The highest BCUT2D eigenvalue weighted by Gasteiger charge is 2.19. The summed E-state index contributed by atoms with van der Waals surface area (Å²) in [6.07, 6.45) is 1.46. The first kappa shape index (κ1) is 16.8. The molecule has 0 fully saturated rings. The summed E-state index contributed by atoms with van der Waals surface area (Å²) in [5.41, 5.74) is 1.70. The van der Waals surface area contributed by atoms with Gasteiger partial charge in [0.2, 0.25) is 0 Å². The Balaban J connectivity index is 3.06. The van der Waals surface area contributed by atoms with E-state index in [-0.39, 0.29) is 5.57 Å². The highest BCUT2D eigenvalue weighted by molar-refractivity contribution is 6.17. The molecule has 0 saturated heterocycles. The average Bonchev–Trinajstić information content (AvgIpc) is 2.53. The van der Waals surface area contributed by atoms with Crippen LogP contribution in [0.5, 0.6) is 0 Å². The Bertz CT molecular complexity index is 498. The van der Waals surface area contributed by atoms with E-state index in [1.165, 1.54) is 20.3 Å². The fourth-order valence-electron chi connectivity index (χ4n) is 1.96. The van der Waals surface area contributed by atoms with E-state index in [1.807, 2.05) is 24.3 Å². The van der Waals surface area contributed by atoms with Gasteiger partial charge in [0, 0.05) is 18.8 Å². The molecule has 0 aromatic heterocycles. The van der Waals surface area contributed by atoms with E-state index in [1.54, 1.807) is 0 Å². The van der Waals surface area contributed by atoms with Crippen molar-refractivity contribution in [1.29, 1.82) is 0 Å². The Hall–Kier alpha value is -2.30. The maximum Gasteiger partial charge on any atom is 0.345 e. The molecule has 0 radical (unpaired) electrons. The maximum atomic E-state index is 11.6. The largest absolute Gasteiger partial charge is 0.465 e. The predicted molar refractivity (Wildman–Crippen MR) is 82.0 cm³/mol. The monoisotopic (exact) mass is 291 g/mol. The minimum absolute atomic E-state index is 0.129. The van der Waals surface area contributed by atoms with Crippen molar-refractivity contribution in [1.82, 2.24) is 0 Å². The van der Waals surface area contributed by atoms with Crippen LogP contribution in [0.15, 0.2) is 29.8 Å². The van der Waals surface area contributed by atoms with Gasteiger partial charge in [0.15, 0.2) is 0 Å². The highest BCUT2D eigenvalue weighted by Crippen LogP contribution is 2.17. The molecule has 5 nitrogen and oxygen atoms in total. The van der Waals surface area contributed by atoms with E-state index in [9.17, 15) is 9.59 Å². The summed E-state index contributed by atoms with van der Waals surface area (Å²) in [7, 11) is 2.45. The number of nitrogens with zero attached hydrogens (tertiary/aromatic N) is 1.